The van der Waals surface area contributed by atoms with E-state index in [1.807, 2.05) is 0 Å². The van der Waals surface area contributed by atoms with Crippen LogP contribution in [0.3, 0.4) is 0 Å². The molecule has 0 saturated heterocycles. The highest BCUT2D eigenvalue weighted by atomic mass is 35.5. The summed E-state index contributed by atoms with van der Waals surface area (Å²) in [6, 6.07) is 4.30. The van der Waals surface area contributed by atoms with Gasteiger partial charge in [-0.15, -0.1) is 0 Å². The zero-order valence-corrected chi connectivity index (χ0v) is 11.6. The molecule has 0 saturated carbocycles. The Bertz CT molecular complexity index is 713. The molecule has 0 aliphatic rings. The summed E-state index contributed by atoms with van der Waals surface area (Å²) in [5.74, 6) is -0.827. The number of nitro benzene ring substituents is 1. The van der Waals surface area contributed by atoms with Crippen molar-refractivity contribution in [3.8, 4) is 5.75 Å². The van der Waals surface area contributed by atoms with Crippen LogP contribution in [0.5, 0.6) is 5.75 Å². The first-order valence-electron chi connectivity index (χ1n) is 5.72. The topological polar surface area (TPSA) is 107 Å². The van der Waals surface area contributed by atoms with Crippen molar-refractivity contribution in [2.45, 2.75) is 13.7 Å². The number of rotatable bonds is 5. The average Bonchev–Trinajstić information content (AvgIpc) is 2.77. The molecule has 0 bridgehead atoms. The predicted molar refractivity (Wildman–Crippen MR) is 72.7 cm³/mol. The number of nitro groups is 1. The average molecular weight is 312 g/mol. The lowest BCUT2D eigenvalue weighted by Crippen LogP contribution is -2.08. The zero-order valence-electron chi connectivity index (χ0n) is 10.8. The standard InChI is InChI=1S/C12H10ClN3O5/c1-7-4-8(2-3-10(7)16(19)20)21-6-15-5-9(13)11(14-15)12(17)18/h2-5H,6H2,1H3,(H,17,18). The highest BCUT2D eigenvalue weighted by molar-refractivity contribution is 6.33. The maximum atomic E-state index is 10.8. The third-order valence-corrected chi connectivity index (χ3v) is 2.92. The molecule has 0 aliphatic carbocycles. The van der Waals surface area contributed by atoms with Gasteiger partial charge in [-0.1, -0.05) is 11.6 Å². The molecule has 2 aromatic rings. The molecular formula is C12H10ClN3O5. The molecule has 2 rings (SSSR count). The largest absolute Gasteiger partial charge is 0.476 e. The maximum absolute atomic E-state index is 10.8. The van der Waals surface area contributed by atoms with Crippen LogP contribution in [0.4, 0.5) is 5.69 Å². The number of nitrogens with zero attached hydrogens (tertiary/aromatic N) is 3. The van der Waals surface area contributed by atoms with E-state index in [2.05, 4.69) is 5.10 Å². The zero-order chi connectivity index (χ0) is 15.6. The molecular weight excluding hydrogens is 302 g/mol. The Hall–Kier alpha value is -2.61. The quantitative estimate of drug-likeness (QED) is 0.671. The molecule has 1 aromatic heterocycles. The molecule has 0 unspecified atom stereocenters. The highest BCUT2D eigenvalue weighted by Crippen LogP contribution is 2.23. The Morgan fingerprint density at radius 2 is 2.29 bits per heavy atom. The van der Waals surface area contributed by atoms with Crippen molar-refractivity contribution in [3.63, 3.8) is 0 Å². The van der Waals surface area contributed by atoms with E-state index < -0.39 is 10.9 Å². The molecule has 110 valence electrons. The van der Waals surface area contributed by atoms with Crippen LogP contribution in [-0.2, 0) is 6.73 Å². The second-order valence-electron chi connectivity index (χ2n) is 4.15. The lowest BCUT2D eigenvalue weighted by atomic mass is 10.2. The summed E-state index contributed by atoms with van der Waals surface area (Å²) in [6.45, 7) is 1.53. The van der Waals surface area contributed by atoms with E-state index in [0.717, 1.165) is 0 Å². The molecule has 0 spiro atoms. The molecule has 0 atom stereocenters. The molecule has 8 nitrogen and oxygen atoms in total. The van der Waals surface area contributed by atoms with Crippen molar-refractivity contribution in [3.05, 3.63) is 50.8 Å². The third-order valence-electron chi connectivity index (χ3n) is 2.65. The Labute approximate surface area is 123 Å². The molecule has 0 radical (unpaired) electrons. The summed E-state index contributed by atoms with van der Waals surface area (Å²) in [4.78, 5) is 21.0. The third kappa shape index (κ3) is 3.29. The number of aromatic nitrogens is 2. The Kier molecular flexibility index (Phi) is 4.08. The lowest BCUT2D eigenvalue weighted by molar-refractivity contribution is -0.385. The first-order valence-corrected chi connectivity index (χ1v) is 6.10. The van der Waals surface area contributed by atoms with Crippen LogP contribution in [0.25, 0.3) is 0 Å². The fourth-order valence-corrected chi connectivity index (χ4v) is 1.90. The minimum Gasteiger partial charge on any atom is -0.476 e. The number of aryl methyl sites for hydroxylation is 1. The van der Waals surface area contributed by atoms with Gasteiger partial charge in [0.15, 0.2) is 12.4 Å². The van der Waals surface area contributed by atoms with Gasteiger partial charge in [0.25, 0.3) is 5.69 Å². The van der Waals surface area contributed by atoms with Gasteiger partial charge in [-0.3, -0.25) is 10.1 Å². The summed E-state index contributed by atoms with van der Waals surface area (Å²) in [5.41, 5.74) is 0.194. The summed E-state index contributed by atoms with van der Waals surface area (Å²) in [7, 11) is 0. The summed E-state index contributed by atoms with van der Waals surface area (Å²) < 4.78 is 6.61. The SMILES string of the molecule is Cc1cc(OCn2cc(Cl)c(C(=O)O)n2)ccc1[N+](=O)[O-]. The second kappa shape index (κ2) is 5.80. The highest BCUT2D eigenvalue weighted by Gasteiger charge is 2.14. The van der Waals surface area contributed by atoms with Crippen LogP contribution in [0, 0.1) is 17.0 Å². The van der Waals surface area contributed by atoms with Crippen molar-refractivity contribution >= 4 is 23.3 Å². The number of halogens is 1. The number of hydrogen-bond donors (Lipinski definition) is 1. The van der Waals surface area contributed by atoms with E-state index >= 15 is 0 Å². The van der Waals surface area contributed by atoms with Gasteiger partial charge in [-0.05, 0) is 19.1 Å². The molecule has 1 N–H and O–H groups in total. The first kappa shape index (κ1) is 14.8. The smallest absolute Gasteiger partial charge is 0.357 e. The van der Waals surface area contributed by atoms with Crippen LogP contribution >= 0.6 is 11.6 Å². The minimum absolute atomic E-state index is 0.00218. The monoisotopic (exact) mass is 311 g/mol. The number of ether oxygens (including phenoxy) is 1. The molecule has 0 fully saturated rings. The lowest BCUT2D eigenvalue weighted by Gasteiger charge is -2.07. The molecule has 0 amide bonds. The Morgan fingerprint density at radius 3 is 2.81 bits per heavy atom. The fraction of sp³-hybridized carbons (Fsp3) is 0.167. The normalized spacial score (nSPS) is 10.4. The summed E-state index contributed by atoms with van der Waals surface area (Å²) >= 11 is 5.71. The van der Waals surface area contributed by atoms with Gasteiger partial charge < -0.3 is 9.84 Å². The van der Waals surface area contributed by atoms with Crippen LogP contribution in [0.1, 0.15) is 16.1 Å². The van der Waals surface area contributed by atoms with Crippen molar-refractivity contribution in [2.75, 3.05) is 0 Å². The minimum atomic E-state index is -1.23. The van der Waals surface area contributed by atoms with E-state index in [4.69, 9.17) is 21.4 Å². The fourth-order valence-electron chi connectivity index (χ4n) is 1.67. The van der Waals surface area contributed by atoms with E-state index in [-0.39, 0.29) is 23.1 Å². The van der Waals surface area contributed by atoms with Gasteiger partial charge >= 0.3 is 5.97 Å². The van der Waals surface area contributed by atoms with Crippen LogP contribution in [-0.4, -0.2) is 25.8 Å². The number of aromatic carboxylic acids is 1. The Morgan fingerprint density at radius 1 is 1.57 bits per heavy atom. The van der Waals surface area contributed by atoms with Crippen molar-refractivity contribution < 1.29 is 19.6 Å². The maximum Gasteiger partial charge on any atom is 0.357 e. The van der Waals surface area contributed by atoms with Gasteiger partial charge in [-0.2, -0.15) is 5.10 Å². The van der Waals surface area contributed by atoms with E-state index in [1.54, 1.807) is 6.92 Å². The van der Waals surface area contributed by atoms with Crippen LogP contribution in [0.2, 0.25) is 5.02 Å². The number of hydrogen-bond acceptors (Lipinski definition) is 5. The molecule has 1 aromatic carbocycles. The van der Waals surface area contributed by atoms with Crippen LogP contribution in [0.15, 0.2) is 24.4 Å². The van der Waals surface area contributed by atoms with E-state index in [9.17, 15) is 14.9 Å². The summed E-state index contributed by atoms with van der Waals surface area (Å²) in [6.07, 6.45) is 1.32. The number of benzene rings is 1. The molecule has 0 aliphatic heterocycles. The van der Waals surface area contributed by atoms with Gasteiger partial charge in [0, 0.05) is 17.8 Å². The number of carboxylic acid groups (broad SMARTS) is 1. The summed E-state index contributed by atoms with van der Waals surface area (Å²) in [5, 5.41) is 23.3. The van der Waals surface area contributed by atoms with E-state index in [1.165, 1.54) is 29.1 Å². The molecule has 9 heteroatoms. The predicted octanol–water partition coefficient (Wildman–Crippen LogP) is 2.49. The Balaban J connectivity index is 2.10. The van der Waals surface area contributed by atoms with E-state index in [0.29, 0.717) is 11.3 Å². The molecule has 21 heavy (non-hydrogen) atoms. The van der Waals surface area contributed by atoms with Gasteiger partial charge in [0.05, 0.1) is 9.95 Å². The van der Waals surface area contributed by atoms with Gasteiger partial charge in [0.1, 0.15) is 5.75 Å². The number of carbonyl (C=O) groups is 1. The van der Waals surface area contributed by atoms with Crippen molar-refractivity contribution in [1.29, 1.82) is 0 Å². The van der Waals surface area contributed by atoms with Crippen molar-refractivity contribution in [1.82, 2.24) is 9.78 Å². The van der Waals surface area contributed by atoms with Crippen LogP contribution < -0.4 is 4.74 Å². The number of carboxylic acids is 1. The second-order valence-corrected chi connectivity index (χ2v) is 4.56. The van der Waals surface area contributed by atoms with Crippen molar-refractivity contribution in [2.24, 2.45) is 0 Å². The van der Waals surface area contributed by atoms with Gasteiger partial charge in [0.2, 0.25) is 0 Å². The molecule has 1 heterocycles. The first-order chi connectivity index (χ1) is 9.88. The van der Waals surface area contributed by atoms with Gasteiger partial charge in [-0.25, -0.2) is 9.48 Å².